The lowest BCUT2D eigenvalue weighted by atomic mass is 10.1. The quantitative estimate of drug-likeness (QED) is 0.289. The van der Waals surface area contributed by atoms with Gasteiger partial charge in [-0.2, -0.15) is 0 Å². The van der Waals surface area contributed by atoms with Crippen molar-refractivity contribution in [2.75, 3.05) is 6.61 Å². The molecule has 0 rings (SSSR count). The molecule has 0 aromatic carbocycles. The molecule has 13 heavy (non-hydrogen) atoms. The van der Waals surface area contributed by atoms with Crippen LogP contribution in [0.4, 0.5) is 0 Å². The highest BCUT2D eigenvalue weighted by atomic mass is 35.5. The van der Waals surface area contributed by atoms with Gasteiger partial charge in [0.25, 0.3) is 0 Å². The zero-order valence-corrected chi connectivity index (χ0v) is 8.76. The normalized spacial score (nSPS) is 12.2. The molecule has 1 atom stereocenters. The summed E-state index contributed by atoms with van der Waals surface area (Å²) in [5.41, 5.74) is 0. The Morgan fingerprint density at radius 2 is 2.00 bits per heavy atom. The molecule has 0 fully saturated rings. The Labute approximate surface area is 83.4 Å². The average Bonchev–Trinajstić information content (AvgIpc) is 2.05. The van der Waals surface area contributed by atoms with E-state index < -0.39 is 17.1 Å². The molecule has 1 unspecified atom stereocenters. The summed E-state index contributed by atoms with van der Waals surface area (Å²) in [5, 5.41) is -0.635. The van der Waals surface area contributed by atoms with Crippen LogP contribution in [0.25, 0.3) is 0 Å². The molecular formula is C9H15ClO3. The zero-order valence-electron chi connectivity index (χ0n) is 8.01. The molecule has 4 heteroatoms. The lowest BCUT2D eigenvalue weighted by Gasteiger charge is -2.09. The van der Waals surface area contributed by atoms with Crippen molar-refractivity contribution in [3.63, 3.8) is 0 Å². The van der Waals surface area contributed by atoms with Crippen LogP contribution >= 0.6 is 11.6 Å². The van der Waals surface area contributed by atoms with Crippen molar-refractivity contribution in [1.29, 1.82) is 0 Å². The van der Waals surface area contributed by atoms with E-state index in [1.165, 1.54) is 0 Å². The number of unbranched alkanes of at least 4 members (excludes halogenated alkanes) is 1. The van der Waals surface area contributed by atoms with E-state index in [0.717, 1.165) is 12.8 Å². The minimum atomic E-state index is -0.793. The molecule has 76 valence electrons. The van der Waals surface area contributed by atoms with Gasteiger partial charge >= 0.3 is 5.97 Å². The van der Waals surface area contributed by atoms with Crippen LogP contribution in [0.2, 0.25) is 0 Å². The maximum atomic E-state index is 11.2. The fraction of sp³-hybridized carbons (Fsp3) is 0.778. The summed E-state index contributed by atoms with van der Waals surface area (Å²) in [7, 11) is 0. The van der Waals surface area contributed by atoms with Gasteiger partial charge in [-0.25, -0.2) is 0 Å². The standard InChI is InChI=1S/C9H15ClO3/c1-3-5-6-13-9(12)7(4-2)8(10)11/h7H,3-6H2,1-2H3. The summed E-state index contributed by atoms with van der Waals surface area (Å²) < 4.78 is 4.85. The van der Waals surface area contributed by atoms with Gasteiger partial charge in [0.05, 0.1) is 6.61 Å². The lowest BCUT2D eigenvalue weighted by Crippen LogP contribution is -2.22. The Morgan fingerprint density at radius 3 is 2.38 bits per heavy atom. The molecule has 0 aromatic rings. The van der Waals surface area contributed by atoms with E-state index in [9.17, 15) is 9.59 Å². The second kappa shape index (κ2) is 6.89. The largest absolute Gasteiger partial charge is 0.465 e. The van der Waals surface area contributed by atoms with Gasteiger partial charge in [0.1, 0.15) is 5.92 Å². The molecule has 0 aliphatic heterocycles. The Balaban J connectivity index is 3.85. The van der Waals surface area contributed by atoms with Gasteiger partial charge in [-0.1, -0.05) is 20.3 Å². The summed E-state index contributed by atoms with van der Waals surface area (Å²) in [4.78, 5) is 21.9. The maximum Gasteiger partial charge on any atom is 0.317 e. The molecule has 0 amide bonds. The predicted molar refractivity (Wildman–Crippen MR) is 50.5 cm³/mol. The van der Waals surface area contributed by atoms with E-state index in [-0.39, 0.29) is 0 Å². The number of carbonyl (C=O) groups excluding carboxylic acids is 2. The summed E-state index contributed by atoms with van der Waals surface area (Å²) in [6, 6.07) is 0. The Kier molecular flexibility index (Phi) is 6.59. The Morgan fingerprint density at radius 1 is 1.38 bits per heavy atom. The molecule has 3 nitrogen and oxygen atoms in total. The van der Waals surface area contributed by atoms with Crippen LogP contribution in [0.1, 0.15) is 33.1 Å². The summed E-state index contributed by atoms with van der Waals surface area (Å²) in [6.07, 6.45) is 2.17. The molecule has 0 bridgehead atoms. The fourth-order valence-corrected chi connectivity index (χ4v) is 1.08. The third-order valence-corrected chi connectivity index (χ3v) is 1.97. The molecule has 0 spiro atoms. The Hall–Kier alpha value is -0.570. The first-order valence-electron chi connectivity index (χ1n) is 4.49. The van der Waals surface area contributed by atoms with Crippen LogP contribution in [-0.2, 0) is 14.3 Å². The molecule has 0 radical (unpaired) electrons. The van der Waals surface area contributed by atoms with Crippen molar-refractivity contribution in [3.8, 4) is 0 Å². The van der Waals surface area contributed by atoms with Gasteiger partial charge in [0.15, 0.2) is 0 Å². The summed E-state index contributed by atoms with van der Waals surface area (Å²) in [5.74, 6) is -1.30. The number of hydrogen-bond acceptors (Lipinski definition) is 3. The molecule has 0 saturated carbocycles. The van der Waals surface area contributed by atoms with E-state index in [0.29, 0.717) is 13.0 Å². The third kappa shape index (κ3) is 4.88. The second-order valence-corrected chi connectivity index (χ2v) is 3.16. The monoisotopic (exact) mass is 206 g/mol. The first-order chi connectivity index (χ1) is 6.13. The number of hydrogen-bond donors (Lipinski definition) is 0. The highest BCUT2D eigenvalue weighted by Crippen LogP contribution is 2.09. The van der Waals surface area contributed by atoms with Gasteiger partial charge in [-0.15, -0.1) is 0 Å². The van der Waals surface area contributed by atoms with Crippen LogP contribution < -0.4 is 0 Å². The average molecular weight is 207 g/mol. The van der Waals surface area contributed by atoms with E-state index in [4.69, 9.17) is 16.3 Å². The minimum Gasteiger partial charge on any atom is -0.465 e. The SMILES string of the molecule is CCCCOC(=O)C(CC)C(=O)Cl. The smallest absolute Gasteiger partial charge is 0.317 e. The lowest BCUT2D eigenvalue weighted by molar-refractivity contribution is -0.150. The summed E-state index contributed by atoms with van der Waals surface area (Å²) >= 11 is 5.21. The molecule has 0 aromatic heterocycles. The van der Waals surface area contributed by atoms with E-state index in [2.05, 4.69) is 0 Å². The van der Waals surface area contributed by atoms with Crippen molar-refractivity contribution in [1.82, 2.24) is 0 Å². The second-order valence-electron chi connectivity index (χ2n) is 2.79. The van der Waals surface area contributed by atoms with Crippen molar-refractivity contribution in [2.45, 2.75) is 33.1 Å². The zero-order chi connectivity index (χ0) is 10.3. The number of ether oxygens (including phenoxy) is 1. The van der Waals surface area contributed by atoms with Crippen molar-refractivity contribution < 1.29 is 14.3 Å². The van der Waals surface area contributed by atoms with Crippen LogP contribution in [0.5, 0.6) is 0 Å². The molecule has 0 aliphatic rings. The van der Waals surface area contributed by atoms with Crippen molar-refractivity contribution in [3.05, 3.63) is 0 Å². The number of halogens is 1. The first kappa shape index (κ1) is 12.4. The molecule has 0 heterocycles. The van der Waals surface area contributed by atoms with Crippen molar-refractivity contribution in [2.24, 2.45) is 5.92 Å². The highest BCUT2D eigenvalue weighted by Gasteiger charge is 2.24. The fourth-order valence-electron chi connectivity index (χ4n) is 0.837. The molecule has 0 saturated heterocycles. The van der Waals surface area contributed by atoms with Crippen LogP contribution in [0, 0.1) is 5.92 Å². The van der Waals surface area contributed by atoms with Crippen molar-refractivity contribution >= 4 is 22.8 Å². The topological polar surface area (TPSA) is 43.4 Å². The van der Waals surface area contributed by atoms with Gasteiger partial charge in [-0.05, 0) is 24.4 Å². The third-order valence-electron chi connectivity index (χ3n) is 1.71. The van der Waals surface area contributed by atoms with Crippen LogP contribution in [0.15, 0.2) is 0 Å². The van der Waals surface area contributed by atoms with Crippen LogP contribution in [-0.4, -0.2) is 17.8 Å². The minimum absolute atomic E-state index is 0.371. The number of rotatable bonds is 6. The Bertz CT molecular complexity index is 180. The number of carbonyl (C=O) groups is 2. The predicted octanol–water partition coefficient (Wildman–Crippen LogP) is 2.12. The highest BCUT2D eigenvalue weighted by molar-refractivity contribution is 6.65. The van der Waals surface area contributed by atoms with E-state index in [1.54, 1.807) is 6.92 Å². The van der Waals surface area contributed by atoms with Gasteiger partial charge in [-0.3, -0.25) is 9.59 Å². The van der Waals surface area contributed by atoms with E-state index in [1.807, 2.05) is 6.92 Å². The first-order valence-corrected chi connectivity index (χ1v) is 4.87. The van der Waals surface area contributed by atoms with Gasteiger partial charge in [0.2, 0.25) is 5.24 Å². The number of esters is 1. The van der Waals surface area contributed by atoms with E-state index >= 15 is 0 Å². The summed E-state index contributed by atoms with van der Waals surface area (Å²) in [6.45, 7) is 4.10. The van der Waals surface area contributed by atoms with Gasteiger partial charge in [0, 0.05) is 0 Å². The molecular weight excluding hydrogens is 192 g/mol. The van der Waals surface area contributed by atoms with Crippen LogP contribution in [0.3, 0.4) is 0 Å². The molecule has 0 N–H and O–H groups in total. The maximum absolute atomic E-state index is 11.2. The van der Waals surface area contributed by atoms with Gasteiger partial charge < -0.3 is 4.74 Å². The molecule has 0 aliphatic carbocycles.